The van der Waals surface area contributed by atoms with Crippen molar-refractivity contribution in [3.63, 3.8) is 0 Å². The van der Waals surface area contributed by atoms with Crippen LogP contribution in [0.2, 0.25) is 0 Å². The smallest absolute Gasteiger partial charge is 0.407 e. The Morgan fingerprint density at radius 1 is 1.44 bits per heavy atom. The van der Waals surface area contributed by atoms with Crippen LogP contribution in [-0.2, 0) is 11.3 Å². The van der Waals surface area contributed by atoms with E-state index in [1.54, 1.807) is 0 Å². The normalized spacial score (nSPS) is 9.94. The molecule has 16 heavy (non-hydrogen) atoms. The molecule has 2 N–H and O–H groups in total. The monoisotopic (exact) mass is 231 g/mol. The first kappa shape index (κ1) is 12.4. The third-order valence-electron chi connectivity index (χ3n) is 1.76. The van der Waals surface area contributed by atoms with Crippen LogP contribution in [0.15, 0.2) is 18.2 Å². The van der Waals surface area contributed by atoms with Gasteiger partial charge in [0, 0.05) is 18.2 Å². The average Bonchev–Trinajstić information content (AvgIpc) is 2.25. The molecule has 1 amide bonds. The highest BCUT2D eigenvalue weighted by Crippen LogP contribution is 2.08. The number of aliphatic hydroxyl groups is 1. The van der Waals surface area contributed by atoms with Crippen LogP contribution >= 0.6 is 0 Å². The molecule has 1 rings (SSSR count). The van der Waals surface area contributed by atoms with Gasteiger partial charge in [-0.1, -0.05) is 6.07 Å². The minimum absolute atomic E-state index is 0.101. The van der Waals surface area contributed by atoms with Gasteiger partial charge < -0.3 is 15.2 Å². The maximum Gasteiger partial charge on any atom is 0.407 e. The van der Waals surface area contributed by atoms with Gasteiger partial charge in [0.05, 0.1) is 6.61 Å². The van der Waals surface area contributed by atoms with E-state index in [2.05, 4.69) is 10.1 Å². The van der Waals surface area contributed by atoms with E-state index in [-0.39, 0.29) is 25.3 Å². The first-order valence-electron chi connectivity index (χ1n) is 4.59. The number of carbonyl (C=O) groups is 1. The maximum atomic E-state index is 13.1. The Balaban J connectivity index is 2.45. The molecule has 0 fully saturated rings. The van der Waals surface area contributed by atoms with Crippen LogP contribution < -0.4 is 5.32 Å². The Morgan fingerprint density at radius 3 is 2.81 bits per heavy atom. The first-order valence-corrected chi connectivity index (χ1v) is 4.59. The first-order chi connectivity index (χ1) is 7.63. The second kappa shape index (κ2) is 6.02. The molecule has 1 aromatic rings. The van der Waals surface area contributed by atoms with Gasteiger partial charge in [-0.05, 0) is 6.07 Å². The lowest BCUT2D eigenvalue weighted by Gasteiger charge is -2.06. The van der Waals surface area contributed by atoms with E-state index in [0.29, 0.717) is 0 Å². The van der Waals surface area contributed by atoms with E-state index in [4.69, 9.17) is 5.11 Å². The Kier molecular flexibility index (Phi) is 4.65. The molecule has 88 valence electrons. The third kappa shape index (κ3) is 3.82. The maximum absolute atomic E-state index is 13.1. The summed E-state index contributed by atoms with van der Waals surface area (Å²) < 4.78 is 30.1. The fourth-order valence-corrected chi connectivity index (χ4v) is 1.02. The number of nitrogens with one attached hydrogen (secondary N) is 1. The van der Waals surface area contributed by atoms with E-state index in [1.807, 2.05) is 0 Å². The molecular weight excluding hydrogens is 220 g/mol. The number of hydrogen-bond donors (Lipinski definition) is 2. The molecule has 0 aromatic heterocycles. The molecule has 0 saturated heterocycles. The molecule has 6 heteroatoms. The topological polar surface area (TPSA) is 58.6 Å². The van der Waals surface area contributed by atoms with Crippen molar-refractivity contribution in [3.05, 3.63) is 35.4 Å². The second-order valence-corrected chi connectivity index (χ2v) is 2.95. The molecule has 0 aliphatic heterocycles. The van der Waals surface area contributed by atoms with E-state index >= 15 is 0 Å². The van der Waals surface area contributed by atoms with Gasteiger partial charge in [-0.15, -0.1) is 0 Å². The van der Waals surface area contributed by atoms with E-state index in [9.17, 15) is 13.6 Å². The predicted molar refractivity (Wildman–Crippen MR) is 51.6 cm³/mol. The Hall–Kier alpha value is -1.69. The van der Waals surface area contributed by atoms with Crippen LogP contribution in [0.25, 0.3) is 0 Å². The Labute approximate surface area is 90.8 Å². The van der Waals surface area contributed by atoms with Crippen molar-refractivity contribution in [2.24, 2.45) is 0 Å². The number of halogens is 2. The molecule has 0 bridgehead atoms. The van der Waals surface area contributed by atoms with Crippen LogP contribution in [0.3, 0.4) is 0 Å². The van der Waals surface area contributed by atoms with Crippen molar-refractivity contribution in [1.29, 1.82) is 0 Å². The SMILES string of the molecule is O=C(NCc1ccc(F)cc1F)OCCO. The molecule has 0 aliphatic carbocycles. The highest BCUT2D eigenvalue weighted by molar-refractivity contribution is 5.67. The van der Waals surface area contributed by atoms with Crippen molar-refractivity contribution >= 4 is 6.09 Å². The van der Waals surface area contributed by atoms with Gasteiger partial charge in [-0.2, -0.15) is 0 Å². The highest BCUT2D eigenvalue weighted by atomic mass is 19.1. The summed E-state index contributed by atoms with van der Waals surface area (Å²) in [6, 6.07) is 3.06. The lowest BCUT2D eigenvalue weighted by atomic mass is 10.2. The molecule has 0 unspecified atom stereocenters. The quantitative estimate of drug-likeness (QED) is 0.818. The molecule has 0 saturated carbocycles. The van der Waals surface area contributed by atoms with Crippen LogP contribution in [0.5, 0.6) is 0 Å². The summed E-state index contributed by atoms with van der Waals surface area (Å²) >= 11 is 0. The fourth-order valence-electron chi connectivity index (χ4n) is 1.02. The summed E-state index contributed by atoms with van der Waals surface area (Å²) in [5.41, 5.74) is 0.155. The van der Waals surface area contributed by atoms with Gasteiger partial charge in [0.15, 0.2) is 0 Å². The zero-order valence-corrected chi connectivity index (χ0v) is 8.37. The number of amides is 1. The largest absolute Gasteiger partial charge is 0.447 e. The lowest BCUT2D eigenvalue weighted by Crippen LogP contribution is -2.25. The molecule has 0 spiro atoms. The number of alkyl carbamates (subject to hydrolysis) is 1. The molecule has 1 aromatic carbocycles. The summed E-state index contributed by atoms with van der Waals surface area (Å²) in [6.45, 7) is -0.508. The van der Waals surface area contributed by atoms with Gasteiger partial charge in [-0.3, -0.25) is 0 Å². The van der Waals surface area contributed by atoms with Gasteiger partial charge >= 0.3 is 6.09 Å². The van der Waals surface area contributed by atoms with Crippen molar-refractivity contribution < 1.29 is 23.4 Å². The minimum atomic E-state index is -0.766. The molecule has 4 nitrogen and oxygen atoms in total. The summed E-state index contributed by atoms with van der Waals surface area (Å²) in [5, 5.41) is 10.6. The zero-order valence-electron chi connectivity index (χ0n) is 8.37. The third-order valence-corrected chi connectivity index (χ3v) is 1.76. The number of benzene rings is 1. The van der Waals surface area contributed by atoms with Crippen LogP contribution in [0.1, 0.15) is 5.56 Å². The summed E-state index contributed by atoms with van der Waals surface area (Å²) in [6.07, 6.45) is -0.766. The van der Waals surface area contributed by atoms with Crippen molar-refractivity contribution in [3.8, 4) is 0 Å². The molecular formula is C10H11F2NO3. The van der Waals surface area contributed by atoms with Crippen LogP contribution in [0, 0.1) is 11.6 Å². The summed E-state index contributed by atoms with van der Waals surface area (Å²) in [7, 11) is 0. The summed E-state index contributed by atoms with van der Waals surface area (Å²) in [5.74, 6) is -1.41. The van der Waals surface area contributed by atoms with Crippen molar-refractivity contribution in [2.45, 2.75) is 6.54 Å². The van der Waals surface area contributed by atoms with Gasteiger partial charge in [-0.25, -0.2) is 13.6 Å². The van der Waals surface area contributed by atoms with E-state index < -0.39 is 17.7 Å². The Bertz CT molecular complexity index is 371. The van der Waals surface area contributed by atoms with Gasteiger partial charge in [0.2, 0.25) is 0 Å². The number of hydrogen-bond acceptors (Lipinski definition) is 3. The highest BCUT2D eigenvalue weighted by Gasteiger charge is 2.06. The second-order valence-electron chi connectivity index (χ2n) is 2.95. The zero-order chi connectivity index (χ0) is 12.0. The lowest BCUT2D eigenvalue weighted by molar-refractivity contribution is 0.118. The number of rotatable bonds is 4. The standard InChI is InChI=1S/C10H11F2NO3/c11-8-2-1-7(9(12)5-8)6-13-10(15)16-4-3-14/h1-2,5,14H,3-4,6H2,(H,13,15). The molecule has 0 radical (unpaired) electrons. The Morgan fingerprint density at radius 2 is 2.19 bits per heavy atom. The average molecular weight is 231 g/mol. The predicted octanol–water partition coefficient (Wildman–Crippen LogP) is 1.18. The number of carbonyl (C=O) groups excluding carboxylic acids is 1. The molecule has 0 heterocycles. The number of aliphatic hydroxyl groups excluding tert-OH is 1. The van der Waals surface area contributed by atoms with Gasteiger partial charge in [0.25, 0.3) is 0 Å². The minimum Gasteiger partial charge on any atom is -0.447 e. The van der Waals surface area contributed by atoms with Gasteiger partial charge in [0.1, 0.15) is 18.2 Å². The van der Waals surface area contributed by atoms with Crippen LogP contribution in [-0.4, -0.2) is 24.4 Å². The van der Waals surface area contributed by atoms with Crippen LogP contribution in [0.4, 0.5) is 13.6 Å². The summed E-state index contributed by atoms with van der Waals surface area (Å²) in [4.78, 5) is 10.9. The van der Waals surface area contributed by atoms with Crippen molar-refractivity contribution in [1.82, 2.24) is 5.32 Å². The van der Waals surface area contributed by atoms with Crippen molar-refractivity contribution in [2.75, 3.05) is 13.2 Å². The van der Waals surface area contributed by atoms with E-state index in [1.165, 1.54) is 6.07 Å². The fraction of sp³-hybridized carbons (Fsp3) is 0.300. The molecule has 0 atom stereocenters. The number of ether oxygens (including phenoxy) is 1. The molecule has 0 aliphatic rings. The van der Waals surface area contributed by atoms with E-state index in [0.717, 1.165) is 12.1 Å².